The summed E-state index contributed by atoms with van der Waals surface area (Å²) in [6, 6.07) is 15.9. The molecule has 0 aliphatic heterocycles. The van der Waals surface area contributed by atoms with Gasteiger partial charge >= 0.3 is 17.9 Å². The van der Waals surface area contributed by atoms with Crippen molar-refractivity contribution < 1.29 is 29.0 Å². The van der Waals surface area contributed by atoms with E-state index in [1.165, 1.54) is 7.05 Å². The van der Waals surface area contributed by atoms with E-state index in [0.717, 1.165) is 40.9 Å². The Morgan fingerprint density at radius 3 is 2.48 bits per heavy atom. The number of aryl methyl sites for hydroxylation is 1. The summed E-state index contributed by atoms with van der Waals surface area (Å²) in [4.78, 5) is 40.1. The lowest BCUT2D eigenvalue weighted by atomic mass is 9.98. The van der Waals surface area contributed by atoms with Crippen molar-refractivity contribution in [1.29, 1.82) is 0 Å². The Hall–Kier alpha value is -4.62. The average Bonchev–Trinajstić information content (AvgIpc) is 3.66. The molecule has 0 aliphatic carbocycles. The molecule has 13 nitrogen and oxygen atoms in total. The molecule has 0 radical (unpaired) electrons. The van der Waals surface area contributed by atoms with E-state index in [2.05, 4.69) is 37.8 Å². The van der Waals surface area contributed by atoms with Gasteiger partial charge in [0.1, 0.15) is 12.4 Å². The largest absolute Gasteiger partial charge is 0.481 e. The monoisotopic (exact) mass is 623 g/mol. The first kappa shape index (κ1) is 32.3. The number of likely N-dealkylation sites (N-methyl/N-ethyl adjacent to an activating group) is 1. The minimum absolute atomic E-state index is 0.0985. The number of esters is 2. The van der Waals surface area contributed by atoms with Crippen LogP contribution in [0.5, 0.6) is 0 Å². The van der Waals surface area contributed by atoms with Gasteiger partial charge in [0.05, 0.1) is 5.69 Å². The van der Waals surface area contributed by atoms with Crippen molar-refractivity contribution >= 4 is 29.5 Å². The number of unbranched alkanes of at least 4 members (excludes halogenated alkanes) is 1. The molecule has 0 unspecified atom stereocenters. The molecule has 3 N–H and O–H groups in total. The Bertz CT molecular complexity index is 1560. The number of aromatic nitrogens is 6. The average molecular weight is 624 g/mol. The van der Waals surface area contributed by atoms with Gasteiger partial charge in [-0.25, -0.2) is 9.78 Å². The number of halogens is 1. The number of carbonyl (C=O) groups excluding carboxylic acids is 2. The van der Waals surface area contributed by atoms with Gasteiger partial charge in [-0.05, 0) is 41.8 Å². The number of carbonyl (C=O) groups is 3. The van der Waals surface area contributed by atoms with Crippen molar-refractivity contribution in [3.05, 3.63) is 70.8 Å². The number of H-pyrrole nitrogens is 1. The highest BCUT2D eigenvalue weighted by Gasteiger charge is 2.25. The first-order valence-electron chi connectivity index (χ1n) is 14.2. The summed E-state index contributed by atoms with van der Waals surface area (Å²) in [5.41, 5.74) is 4.29. The van der Waals surface area contributed by atoms with Crippen LogP contribution in [0.2, 0.25) is 5.15 Å². The third-order valence-electron chi connectivity index (χ3n) is 6.82. The normalized spacial score (nSPS) is 11.7. The number of ether oxygens (including phenoxy) is 2. The topological polar surface area (TPSA) is 174 Å². The zero-order valence-electron chi connectivity index (χ0n) is 24.5. The van der Waals surface area contributed by atoms with E-state index >= 15 is 0 Å². The van der Waals surface area contributed by atoms with Crippen LogP contribution in [0.25, 0.3) is 22.5 Å². The van der Waals surface area contributed by atoms with Gasteiger partial charge < -0.3 is 19.1 Å². The van der Waals surface area contributed by atoms with Crippen LogP contribution in [-0.4, -0.2) is 66.5 Å². The lowest BCUT2D eigenvalue weighted by Crippen LogP contribution is -2.39. The lowest BCUT2D eigenvalue weighted by molar-refractivity contribution is -0.171. The van der Waals surface area contributed by atoms with Crippen LogP contribution in [0.4, 0.5) is 0 Å². The van der Waals surface area contributed by atoms with E-state index in [-0.39, 0.29) is 31.0 Å². The Morgan fingerprint density at radius 1 is 1.07 bits per heavy atom. The minimum Gasteiger partial charge on any atom is -0.481 e. The van der Waals surface area contributed by atoms with E-state index < -0.39 is 24.1 Å². The molecule has 0 aliphatic rings. The molecule has 0 saturated carbocycles. The van der Waals surface area contributed by atoms with Gasteiger partial charge in [0.2, 0.25) is 5.82 Å². The fraction of sp³-hybridized carbons (Fsp3) is 0.367. The second-order valence-corrected chi connectivity index (χ2v) is 10.3. The number of carboxylic acid groups (broad SMARTS) is 1. The molecule has 0 bridgehead atoms. The summed E-state index contributed by atoms with van der Waals surface area (Å²) in [7, 11) is 1.45. The van der Waals surface area contributed by atoms with Crippen LogP contribution in [0.3, 0.4) is 0 Å². The maximum Gasteiger partial charge on any atom is 0.363 e. The highest BCUT2D eigenvalue weighted by Crippen LogP contribution is 2.30. The van der Waals surface area contributed by atoms with Crippen molar-refractivity contribution in [2.75, 3.05) is 7.05 Å². The Balaban J connectivity index is 1.49. The summed E-state index contributed by atoms with van der Waals surface area (Å²) in [6.07, 6.45) is 0.976. The second-order valence-electron chi connectivity index (χ2n) is 9.95. The predicted octanol–water partition coefficient (Wildman–Crippen LogP) is 4.16. The molecule has 2 aromatic carbocycles. The molecule has 4 rings (SSSR count). The zero-order chi connectivity index (χ0) is 31.5. The molecule has 2 aromatic heterocycles. The molecule has 2 heterocycles. The SMILES string of the molecule is CCCCc1nc(Cl)c(COC(=O)[C@H](NC)OC(=O)CCCC(=O)O)n1Cc1ccc(-c2ccccc2-c2nn[nH]n2)cc1. The minimum atomic E-state index is -1.36. The second kappa shape index (κ2) is 15.7. The Morgan fingerprint density at radius 2 is 1.82 bits per heavy atom. The first-order chi connectivity index (χ1) is 21.3. The van der Waals surface area contributed by atoms with Gasteiger partial charge in [0.25, 0.3) is 6.23 Å². The molecule has 1 atom stereocenters. The zero-order valence-corrected chi connectivity index (χ0v) is 25.2. The summed E-state index contributed by atoms with van der Waals surface area (Å²) in [5.74, 6) is -1.27. The number of imidazole rings is 1. The fourth-order valence-corrected chi connectivity index (χ4v) is 4.80. The maximum atomic E-state index is 12.8. The number of hydrogen-bond donors (Lipinski definition) is 3. The number of nitrogens with zero attached hydrogens (tertiary/aromatic N) is 5. The Kier molecular flexibility index (Phi) is 11.5. The smallest absolute Gasteiger partial charge is 0.363 e. The van der Waals surface area contributed by atoms with E-state index in [1.54, 1.807) is 0 Å². The Labute approximate surface area is 258 Å². The molecule has 44 heavy (non-hydrogen) atoms. The number of aromatic amines is 1. The van der Waals surface area contributed by atoms with Crippen molar-refractivity contribution in [1.82, 2.24) is 35.5 Å². The number of tetrazole rings is 1. The maximum absolute atomic E-state index is 12.8. The molecule has 14 heteroatoms. The number of benzene rings is 2. The van der Waals surface area contributed by atoms with Crippen LogP contribution >= 0.6 is 11.6 Å². The van der Waals surface area contributed by atoms with Gasteiger partial charge in [0, 0.05) is 31.4 Å². The number of nitrogens with one attached hydrogen (secondary N) is 2. The summed E-state index contributed by atoms with van der Waals surface area (Å²) in [6.45, 7) is 2.33. The van der Waals surface area contributed by atoms with Gasteiger partial charge in [-0.15, -0.1) is 10.2 Å². The van der Waals surface area contributed by atoms with Crippen molar-refractivity contribution in [2.24, 2.45) is 0 Å². The predicted molar refractivity (Wildman–Crippen MR) is 160 cm³/mol. The standard InChI is InChI=1S/C30H34ClN7O6/c1-3-4-10-24-33-27(31)23(18-43-30(42)29(32-2)44-26(41)12-7-11-25(39)40)38(24)17-19-13-15-20(16-14-19)21-8-5-6-9-22(21)28-34-36-37-35-28/h5-6,8-9,13-16,29,32H,3-4,7,10-12,17-18H2,1-2H3,(H,39,40)(H,34,35,36,37)/t29-/m1/s1. The number of aliphatic carboxylic acids is 1. The van der Waals surface area contributed by atoms with E-state index in [0.29, 0.717) is 24.5 Å². The number of rotatable bonds is 16. The number of hydrogen-bond acceptors (Lipinski definition) is 10. The number of carboxylic acids is 1. The third kappa shape index (κ3) is 8.48. The summed E-state index contributed by atoms with van der Waals surface area (Å²) >= 11 is 6.54. The van der Waals surface area contributed by atoms with Gasteiger partial charge in [-0.1, -0.05) is 73.5 Å². The first-order valence-corrected chi connectivity index (χ1v) is 14.6. The van der Waals surface area contributed by atoms with Crippen LogP contribution in [0, 0.1) is 0 Å². The van der Waals surface area contributed by atoms with Gasteiger partial charge in [0.15, 0.2) is 5.15 Å². The molecule has 0 amide bonds. The lowest BCUT2D eigenvalue weighted by Gasteiger charge is -2.17. The van der Waals surface area contributed by atoms with Crippen LogP contribution < -0.4 is 5.32 Å². The van der Waals surface area contributed by atoms with E-state index in [4.69, 9.17) is 26.2 Å². The molecule has 4 aromatic rings. The third-order valence-corrected chi connectivity index (χ3v) is 7.13. The van der Waals surface area contributed by atoms with E-state index in [9.17, 15) is 14.4 Å². The van der Waals surface area contributed by atoms with Crippen LogP contribution in [0.1, 0.15) is 56.1 Å². The quantitative estimate of drug-likeness (QED) is 0.121. The fourth-order valence-electron chi connectivity index (χ4n) is 4.55. The molecule has 0 saturated heterocycles. The molecule has 0 fully saturated rings. The molecule has 232 valence electrons. The molecule has 0 spiro atoms. The molecular weight excluding hydrogens is 590 g/mol. The highest BCUT2D eigenvalue weighted by molar-refractivity contribution is 6.30. The van der Waals surface area contributed by atoms with Gasteiger partial charge in [-0.3, -0.25) is 14.9 Å². The van der Waals surface area contributed by atoms with Crippen molar-refractivity contribution in [2.45, 2.75) is 64.8 Å². The van der Waals surface area contributed by atoms with Crippen LogP contribution in [-0.2, 0) is 43.4 Å². The summed E-state index contributed by atoms with van der Waals surface area (Å²) < 4.78 is 12.6. The van der Waals surface area contributed by atoms with Gasteiger partial charge in [-0.2, -0.15) is 5.21 Å². The van der Waals surface area contributed by atoms with Crippen LogP contribution in [0.15, 0.2) is 48.5 Å². The highest BCUT2D eigenvalue weighted by atomic mass is 35.5. The van der Waals surface area contributed by atoms with E-state index in [1.807, 2.05) is 53.1 Å². The molecular formula is C30H34ClN7O6. The summed E-state index contributed by atoms with van der Waals surface area (Å²) in [5, 5.41) is 26.0. The van der Waals surface area contributed by atoms with Crippen molar-refractivity contribution in [3.8, 4) is 22.5 Å². The van der Waals surface area contributed by atoms with Crippen molar-refractivity contribution in [3.63, 3.8) is 0 Å².